The molecule has 1 amide bonds. The first-order valence-electron chi connectivity index (χ1n) is 5.18. The molecule has 0 spiro atoms. The molecule has 14 heavy (non-hydrogen) atoms. The second-order valence-electron chi connectivity index (χ2n) is 3.83. The number of thiophene rings is 1. The monoisotopic (exact) mass is 209 g/mol. The summed E-state index contributed by atoms with van der Waals surface area (Å²) < 4.78 is 0. The normalized spacial score (nSPS) is 16.9. The lowest BCUT2D eigenvalue weighted by molar-refractivity contribution is 0.0999. The maximum absolute atomic E-state index is 11.2. The number of carbonyl (C=O) groups is 1. The van der Waals surface area contributed by atoms with Gasteiger partial charge in [-0.05, 0) is 31.2 Å². The van der Waals surface area contributed by atoms with Crippen LogP contribution >= 0.6 is 11.3 Å². The van der Waals surface area contributed by atoms with Crippen LogP contribution in [0.15, 0.2) is 5.38 Å². The Balaban J connectivity index is 2.33. The van der Waals surface area contributed by atoms with Gasteiger partial charge < -0.3 is 5.73 Å². The standard InChI is InChI=1S/C11H15NOS/c12-11(13)9-7-14-10-6-4-2-1-3-5-8(9)10/h7H,1-6H2,(H2,12,13). The minimum Gasteiger partial charge on any atom is -0.366 e. The highest BCUT2D eigenvalue weighted by Crippen LogP contribution is 2.28. The van der Waals surface area contributed by atoms with Gasteiger partial charge in [-0.15, -0.1) is 11.3 Å². The van der Waals surface area contributed by atoms with E-state index in [0.29, 0.717) is 0 Å². The number of hydrogen-bond donors (Lipinski definition) is 1. The highest BCUT2D eigenvalue weighted by Gasteiger charge is 2.16. The van der Waals surface area contributed by atoms with Gasteiger partial charge in [0.15, 0.2) is 0 Å². The molecule has 1 aliphatic rings. The van der Waals surface area contributed by atoms with Crippen LogP contribution in [0.25, 0.3) is 0 Å². The summed E-state index contributed by atoms with van der Waals surface area (Å²) in [6, 6.07) is 0. The molecule has 3 heteroatoms. The van der Waals surface area contributed by atoms with Gasteiger partial charge >= 0.3 is 0 Å². The van der Waals surface area contributed by atoms with Crippen LogP contribution < -0.4 is 5.73 Å². The van der Waals surface area contributed by atoms with E-state index in [2.05, 4.69) is 0 Å². The zero-order valence-corrected chi connectivity index (χ0v) is 9.03. The zero-order chi connectivity index (χ0) is 9.97. The van der Waals surface area contributed by atoms with Crippen molar-refractivity contribution in [2.24, 2.45) is 5.73 Å². The molecule has 1 heterocycles. The topological polar surface area (TPSA) is 43.1 Å². The van der Waals surface area contributed by atoms with Crippen LogP contribution in [0, 0.1) is 0 Å². The smallest absolute Gasteiger partial charge is 0.249 e. The van der Waals surface area contributed by atoms with Crippen LogP contribution in [0.4, 0.5) is 0 Å². The van der Waals surface area contributed by atoms with E-state index in [9.17, 15) is 4.79 Å². The maximum atomic E-state index is 11.2. The van der Waals surface area contributed by atoms with Crippen molar-refractivity contribution in [3.63, 3.8) is 0 Å². The second kappa shape index (κ2) is 4.13. The molecular weight excluding hydrogens is 194 g/mol. The Kier molecular flexibility index (Phi) is 2.87. The van der Waals surface area contributed by atoms with Gasteiger partial charge in [0.05, 0.1) is 5.56 Å². The van der Waals surface area contributed by atoms with Crippen molar-refractivity contribution in [3.05, 3.63) is 21.4 Å². The van der Waals surface area contributed by atoms with E-state index in [4.69, 9.17) is 5.73 Å². The lowest BCUT2D eigenvalue weighted by Gasteiger charge is -2.09. The number of nitrogens with two attached hydrogens (primary N) is 1. The number of amides is 1. The molecule has 0 fully saturated rings. The summed E-state index contributed by atoms with van der Waals surface area (Å²) in [5, 5.41) is 1.93. The van der Waals surface area contributed by atoms with Crippen molar-refractivity contribution in [2.45, 2.75) is 38.5 Å². The Morgan fingerprint density at radius 3 is 2.64 bits per heavy atom. The number of rotatable bonds is 1. The van der Waals surface area contributed by atoms with Crippen LogP contribution in [0.2, 0.25) is 0 Å². The average molecular weight is 209 g/mol. The fraction of sp³-hybridized carbons (Fsp3) is 0.545. The van der Waals surface area contributed by atoms with Gasteiger partial charge in [-0.3, -0.25) is 4.79 Å². The largest absolute Gasteiger partial charge is 0.366 e. The van der Waals surface area contributed by atoms with Gasteiger partial charge in [-0.25, -0.2) is 0 Å². The average Bonchev–Trinajstić information content (AvgIpc) is 2.47. The predicted molar refractivity (Wildman–Crippen MR) is 58.7 cm³/mol. The molecule has 0 unspecified atom stereocenters. The third-order valence-electron chi connectivity index (χ3n) is 2.83. The SMILES string of the molecule is NC(=O)c1csc2c1CCCCCC2. The molecule has 76 valence electrons. The molecule has 2 N–H and O–H groups in total. The van der Waals surface area contributed by atoms with E-state index in [-0.39, 0.29) is 5.91 Å². The zero-order valence-electron chi connectivity index (χ0n) is 8.21. The molecular formula is C11H15NOS. The molecule has 0 saturated carbocycles. The minimum absolute atomic E-state index is 0.261. The minimum atomic E-state index is -0.261. The van der Waals surface area contributed by atoms with Gasteiger partial charge in [0.2, 0.25) is 5.91 Å². The second-order valence-corrected chi connectivity index (χ2v) is 4.79. The Labute approximate surface area is 88.1 Å². The number of aryl methyl sites for hydroxylation is 1. The van der Waals surface area contributed by atoms with Crippen molar-refractivity contribution in [2.75, 3.05) is 0 Å². The fourth-order valence-electron chi connectivity index (χ4n) is 2.05. The number of carbonyl (C=O) groups excluding carboxylic acids is 1. The molecule has 2 nitrogen and oxygen atoms in total. The molecule has 0 atom stereocenters. The van der Waals surface area contributed by atoms with Gasteiger partial charge in [-0.2, -0.15) is 0 Å². The molecule has 1 aromatic heterocycles. The van der Waals surface area contributed by atoms with Crippen molar-refractivity contribution in [1.29, 1.82) is 0 Å². The Morgan fingerprint density at radius 2 is 1.93 bits per heavy atom. The highest BCUT2D eigenvalue weighted by molar-refractivity contribution is 7.10. The number of hydrogen-bond acceptors (Lipinski definition) is 2. The van der Waals surface area contributed by atoms with Gasteiger partial charge in [0.25, 0.3) is 0 Å². The van der Waals surface area contributed by atoms with E-state index in [1.165, 1.54) is 36.1 Å². The Morgan fingerprint density at radius 1 is 1.21 bits per heavy atom. The summed E-state index contributed by atoms with van der Waals surface area (Å²) >= 11 is 1.70. The predicted octanol–water partition coefficient (Wildman–Crippen LogP) is 2.51. The summed E-state index contributed by atoms with van der Waals surface area (Å²) in [6.45, 7) is 0. The van der Waals surface area contributed by atoms with Crippen molar-refractivity contribution in [1.82, 2.24) is 0 Å². The lowest BCUT2D eigenvalue weighted by Crippen LogP contribution is -2.13. The maximum Gasteiger partial charge on any atom is 0.249 e. The first-order chi connectivity index (χ1) is 6.79. The number of fused-ring (bicyclic) bond motifs is 1. The third-order valence-corrected chi connectivity index (χ3v) is 3.92. The van der Waals surface area contributed by atoms with E-state index in [1.807, 2.05) is 5.38 Å². The Hall–Kier alpha value is -0.830. The molecule has 0 aliphatic heterocycles. The molecule has 0 bridgehead atoms. The van der Waals surface area contributed by atoms with E-state index < -0.39 is 0 Å². The summed E-state index contributed by atoms with van der Waals surface area (Å²) in [7, 11) is 0. The van der Waals surface area contributed by atoms with Gasteiger partial charge in [0.1, 0.15) is 0 Å². The summed E-state index contributed by atoms with van der Waals surface area (Å²) in [4.78, 5) is 12.5. The summed E-state index contributed by atoms with van der Waals surface area (Å²) in [6.07, 6.45) is 7.23. The van der Waals surface area contributed by atoms with E-state index >= 15 is 0 Å². The Bertz CT molecular complexity index is 343. The first-order valence-corrected chi connectivity index (χ1v) is 6.06. The molecule has 0 aromatic carbocycles. The molecule has 2 rings (SSSR count). The highest BCUT2D eigenvalue weighted by atomic mass is 32.1. The van der Waals surface area contributed by atoms with Crippen LogP contribution in [0.5, 0.6) is 0 Å². The van der Waals surface area contributed by atoms with Crippen molar-refractivity contribution >= 4 is 17.2 Å². The van der Waals surface area contributed by atoms with Crippen LogP contribution in [0.1, 0.15) is 46.5 Å². The van der Waals surface area contributed by atoms with Crippen LogP contribution in [0.3, 0.4) is 0 Å². The van der Waals surface area contributed by atoms with Crippen LogP contribution in [-0.4, -0.2) is 5.91 Å². The molecule has 1 aliphatic carbocycles. The number of primary amides is 1. The lowest BCUT2D eigenvalue weighted by atomic mass is 9.97. The van der Waals surface area contributed by atoms with E-state index in [1.54, 1.807) is 11.3 Å². The first kappa shape index (κ1) is 9.71. The van der Waals surface area contributed by atoms with Gasteiger partial charge in [0, 0.05) is 10.3 Å². The van der Waals surface area contributed by atoms with Gasteiger partial charge in [-0.1, -0.05) is 12.8 Å². The third kappa shape index (κ3) is 1.82. The summed E-state index contributed by atoms with van der Waals surface area (Å²) in [5.74, 6) is -0.261. The van der Waals surface area contributed by atoms with Crippen LogP contribution in [-0.2, 0) is 12.8 Å². The quantitative estimate of drug-likeness (QED) is 0.758. The van der Waals surface area contributed by atoms with E-state index in [0.717, 1.165) is 18.4 Å². The molecule has 1 aromatic rings. The fourth-order valence-corrected chi connectivity index (χ4v) is 3.19. The summed E-state index contributed by atoms with van der Waals surface area (Å²) in [5.41, 5.74) is 7.35. The van der Waals surface area contributed by atoms with Crippen molar-refractivity contribution < 1.29 is 4.79 Å². The van der Waals surface area contributed by atoms with Crippen molar-refractivity contribution in [3.8, 4) is 0 Å². The molecule has 0 saturated heterocycles. The molecule has 0 radical (unpaired) electrons.